The lowest BCUT2D eigenvalue weighted by molar-refractivity contribution is -0.145. The summed E-state index contributed by atoms with van der Waals surface area (Å²) in [6.45, 7) is 3.27. The van der Waals surface area contributed by atoms with Crippen LogP contribution in [0, 0.1) is 0 Å². The predicted octanol–water partition coefficient (Wildman–Crippen LogP) is 4.61. The molecule has 0 spiro atoms. The van der Waals surface area contributed by atoms with Crippen LogP contribution in [0.5, 0.6) is 5.75 Å². The van der Waals surface area contributed by atoms with Crippen LogP contribution in [0.3, 0.4) is 0 Å². The molecule has 0 fully saturated rings. The third-order valence-electron chi connectivity index (χ3n) is 11.5. The number of ether oxygens (including phenoxy) is 2. The number of benzene rings is 4. The molecule has 22 heteroatoms. The van der Waals surface area contributed by atoms with Crippen molar-refractivity contribution >= 4 is 87.2 Å². The summed E-state index contributed by atoms with van der Waals surface area (Å²) >= 11 is 12.6. The van der Waals surface area contributed by atoms with Gasteiger partial charge in [0, 0.05) is 65.1 Å². The van der Waals surface area contributed by atoms with Gasteiger partial charge >= 0.3 is 11.6 Å². The smallest absolute Gasteiger partial charge is 0.336 e. The monoisotopic (exact) mass is 1070 g/mol. The maximum atomic E-state index is 14.4. The lowest BCUT2D eigenvalue weighted by Crippen LogP contribution is -2.58. The number of halogens is 2. The highest BCUT2D eigenvalue weighted by Gasteiger charge is 2.32. The summed E-state index contributed by atoms with van der Waals surface area (Å²) in [7, 11) is 0. The molecule has 0 bridgehead atoms. The molecular weight excluding hydrogens is 1010 g/mol. The number of carbonyl (C=O) groups excluding carboxylic acids is 7. The summed E-state index contributed by atoms with van der Waals surface area (Å²) in [6.07, 6.45) is 0.538. The van der Waals surface area contributed by atoms with Gasteiger partial charge in [-0.15, -0.1) is 0 Å². The van der Waals surface area contributed by atoms with E-state index in [0.717, 1.165) is 11.6 Å². The van der Waals surface area contributed by atoms with Crippen molar-refractivity contribution in [3.05, 3.63) is 140 Å². The van der Waals surface area contributed by atoms with Crippen molar-refractivity contribution < 1.29 is 47.5 Å². The van der Waals surface area contributed by atoms with Gasteiger partial charge in [-0.3, -0.25) is 38.6 Å². The number of hydrogen-bond donors (Lipinski definition) is 8. The van der Waals surface area contributed by atoms with Gasteiger partial charge in [0.25, 0.3) is 0 Å². The van der Waals surface area contributed by atoms with E-state index in [1.165, 1.54) is 25.1 Å². The van der Waals surface area contributed by atoms with Gasteiger partial charge in [-0.1, -0.05) is 91.5 Å². The number of amides is 6. The second-order valence-electron chi connectivity index (χ2n) is 17.5. The van der Waals surface area contributed by atoms with Crippen molar-refractivity contribution in [1.29, 1.82) is 0 Å². The number of nitrogens with two attached hydrogens (primary N) is 3. The van der Waals surface area contributed by atoms with Crippen LogP contribution in [0.4, 0.5) is 5.69 Å². The second-order valence-corrected chi connectivity index (χ2v) is 18.3. The molecule has 0 aliphatic carbocycles. The number of rotatable bonds is 28. The summed E-state index contributed by atoms with van der Waals surface area (Å²) < 4.78 is 16.7. The first kappa shape index (κ1) is 57.9. The number of guanidine groups is 1. The molecule has 0 aliphatic rings. The van der Waals surface area contributed by atoms with Crippen molar-refractivity contribution in [2.24, 2.45) is 22.2 Å². The fourth-order valence-electron chi connectivity index (χ4n) is 7.72. The zero-order valence-electron chi connectivity index (χ0n) is 41.5. The Balaban J connectivity index is 1.35. The number of nitrogens with one attached hydrogen (secondary N) is 5. The molecule has 75 heavy (non-hydrogen) atoms. The van der Waals surface area contributed by atoms with E-state index in [1.807, 2.05) is 13.0 Å². The molecular formula is C53H61Cl2N9O11. The minimum atomic E-state index is -1.46. The van der Waals surface area contributed by atoms with E-state index in [0.29, 0.717) is 50.7 Å². The SMILES string of the molecule is CCCC[C@H](NC(=O)[C@H](Cc1ccc(OCc2c(Cl)cccc2Cl)cc1)NC(C)=O)C(=O)N[C@@H](CCC(=O)OCc1ccccc1)C(=O)N[C@@H](CCCN=C(N)N)C(=O)Nc1ccc2c(CC(N)=O)cc(=O)oc2c1. The molecule has 1 aromatic heterocycles. The summed E-state index contributed by atoms with van der Waals surface area (Å²) in [5.41, 5.74) is 18.2. The van der Waals surface area contributed by atoms with Gasteiger partial charge in [0.15, 0.2) is 5.96 Å². The van der Waals surface area contributed by atoms with Crippen LogP contribution in [-0.4, -0.2) is 78.1 Å². The molecule has 4 aromatic carbocycles. The number of carbonyl (C=O) groups is 7. The van der Waals surface area contributed by atoms with Crippen LogP contribution < -0.4 is 54.1 Å². The minimum Gasteiger partial charge on any atom is -0.489 e. The van der Waals surface area contributed by atoms with Gasteiger partial charge in [-0.05, 0) is 78.8 Å². The third kappa shape index (κ3) is 19.1. The molecule has 0 radical (unpaired) electrons. The molecule has 0 saturated heterocycles. The molecule has 0 aliphatic heterocycles. The highest BCUT2D eigenvalue weighted by Crippen LogP contribution is 2.27. The number of hydrogen-bond acceptors (Lipinski definition) is 12. The summed E-state index contributed by atoms with van der Waals surface area (Å²) in [6, 6.07) is 21.3. The largest absolute Gasteiger partial charge is 0.489 e. The van der Waals surface area contributed by atoms with E-state index >= 15 is 0 Å². The molecule has 11 N–H and O–H groups in total. The van der Waals surface area contributed by atoms with Gasteiger partial charge in [0.1, 0.15) is 48.7 Å². The Hall–Kier alpha value is -7.97. The van der Waals surface area contributed by atoms with Gasteiger partial charge in [0.2, 0.25) is 35.4 Å². The average molecular weight is 1070 g/mol. The minimum absolute atomic E-state index is 0.0214. The van der Waals surface area contributed by atoms with Crippen molar-refractivity contribution in [3.63, 3.8) is 0 Å². The average Bonchev–Trinajstić information content (AvgIpc) is 3.36. The summed E-state index contributed by atoms with van der Waals surface area (Å²) in [4.78, 5) is 110. The number of unbranched alkanes of at least 4 members (excludes halogenated alkanes) is 1. The van der Waals surface area contributed by atoms with E-state index in [9.17, 15) is 38.4 Å². The van der Waals surface area contributed by atoms with Crippen LogP contribution >= 0.6 is 23.2 Å². The first-order valence-corrected chi connectivity index (χ1v) is 24.9. The topological polar surface area (TPSA) is 319 Å². The highest BCUT2D eigenvalue weighted by molar-refractivity contribution is 6.36. The second kappa shape index (κ2) is 29.1. The van der Waals surface area contributed by atoms with Gasteiger partial charge in [0.05, 0.1) is 6.42 Å². The Morgan fingerprint density at radius 2 is 1.31 bits per heavy atom. The first-order valence-electron chi connectivity index (χ1n) is 24.1. The maximum Gasteiger partial charge on any atom is 0.336 e. The quantitative estimate of drug-likeness (QED) is 0.0112. The molecule has 0 saturated carbocycles. The van der Waals surface area contributed by atoms with Crippen LogP contribution in [0.1, 0.15) is 81.0 Å². The molecule has 4 atom stereocenters. The number of anilines is 1. The Morgan fingerprint density at radius 1 is 0.680 bits per heavy atom. The predicted molar refractivity (Wildman–Crippen MR) is 283 cm³/mol. The number of aliphatic imine (C=N–C) groups is 1. The highest BCUT2D eigenvalue weighted by atomic mass is 35.5. The molecule has 5 rings (SSSR count). The number of esters is 1. The molecule has 5 aromatic rings. The number of nitrogens with zero attached hydrogens (tertiary/aromatic N) is 1. The standard InChI is InChI=1S/C53H61Cl2N9O11/c1-3-4-14-41(63-52(72)44(60-31(2)65)25-32-16-19-36(20-17-32)73-30-38-39(54)12-8-13-40(38)55)50(70)64-43(22-23-47(67)74-29-33-10-6-5-7-11-33)51(71)62-42(15-9-24-59-53(57)58)49(69)61-35-18-21-37-34(26-46(56)66)27-48(68)75-45(37)28-35/h5-8,10-13,16-21,27-28,41-44H,3-4,9,14-15,22-26,29-30H2,1-2H3,(H2,56,66)(H,60,65)(H,61,69)(H,62,71)(H,63,72)(H,64,70)(H4,57,58,59)/t41-,42-,43-,44-/m0/s1. The van der Waals surface area contributed by atoms with Crippen molar-refractivity contribution in [1.82, 2.24) is 21.3 Å². The van der Waals surface area contributed by atoms with Crippen LogP contribution in [0.15, 0.2) is 111 Å². The van der Waals surface area contributed by atoms with E-state index in [4.69, 9.17) is 54.3 Å². The van der Waals surface area contributed by atoms with Crippen LogP contribution in [-0.2, 0) is 64.4 Å². The molecule has 1 heterocycles. The Bertz CT molecular complexity index is 2880. The van der Waals surface area contributed by atoms with E-state index in [-0.39, 0.29) is 81.9 Å². The van der Waals surface area contributed by atoms with Crippen LogP contribution in [0.2, 0.25) is 10.0 Å². The van der Waals surface area contributed by atoms with Crippen molar-refractivity contribution in [2.75, 3.05) is 11.9 Å². The Kier molecular flexibility index (Phi) is 22.4. The van der Waals surface area contributed by atoms with Crippen molar-refractivity contribution in [3.8, 4) is 5.75 Å². The normalized spacial score (nSPS) is 12.5. The van der Waals surface area contributed by atoms with Gasteiger partial charge in [-0.25, -0.2) is 4.79 Å². The third-order valence-corrected chi connectivity index (χ3v) is 12.2. The number of primary amides is 1. The van der Waals surface area contributed by atoms with E-state index < -0.39 is 71.2 Å². The molecule has 6 amide bonds. The Labute approximate surface area is 442 Å². The molecule has 0 unspecified atom stereocenters. The van der Waals surface area contributed by atoms with Gasteiger partial charge < -0.3 is 57.7 Å². The molecule has 20 nitrogen and oxygen atoms in total. The fraction of sp³-hybridized carbons (Fsp3) is 0.340. The lowest BCUT2D eigenvalue weighted by atomic mass is 10.0. The molecule has 398 valence electrons. The Morgan fingerprint density at radius 3 is 1.93 bits per heavy atom. The fourth-order valence-corrected chi connectivity index (χ4v) is 8.22. The van der Waals surface area contributed by atoms with E-state index in [2.05, 4.69) is 31.6 Å². The van der Waals surface area contributed by atoms with Crippen molar-refractivity contribution in [2.45, 2.75) is 109 Å². The van der Waals surface area contributed by atoms with Crippen LogP contribution in [0.25, 0.3) is 11.0 Å². The van der Waals surface area contributed by atoms with Gasteiger partial charge in [-0.2, -0.15) is 0 Å². The summed E-state index contributed by atoms with van der Waals surface area (Å²) in [5, 5.41) is 14.8. The maximum absolute atomic E-state index is 14.4. The van der Waals surface area contributed by atoms with E-state index in [1.54, 1.807) is 66.7 Å². The zero-order valence-corrected chi connectivity index (χ0v) is 43.0. The summed E-state index contributed by atoms with van der Waals surface area (Å²) in [5.74, 6) is -4.61. The lowest BCUT2D eigenvalue weighted by Gasteiger charge is -2.26. The zero-order chi connectivity index (χ0) is 54.4. The first-order chi connectivity index (χ1) is 35.9. The number of fused-ring (bicyclic) bond motifs is 1.